The number of carbonyl (C=O) groups excluding carboxylic acids is 2. The minimum Gasteiger partial charge on any atom is -0.487 e. The van der Waals surface area contributed by atoms with E-state index in [1.165, 1.54) is 0 Å². The van der Waals surface area contributed by atoms with Crippen molar-refractivity contribution in [3.63, 3.8) is 0 Å². The number of anilines is 2. The van der Waals surface area contributed by atoms with Gasteiger partial charge in [-0.3, -0.25) is 9.69 Å². The van der Waals surface area contributed by atoms with Crippen molar-refractivity contribution in [1.29, 1.82) is 0 Å². The molecule has 4 rings (SSSR count). The Kier molecular flexibility index (Phi) is 7.27. The molecule has 0 unspecified atom stereocenters. The van der Waals surface area contributed by atoms with Crippen LogP contribution in [0, 0.1) is 5.92 Å². The minimum atomic E-state index is -0.679. The van der Waals surface area contributed by atoms with Crippen LogP contribution < -0.4 is 20.3 Å². The Hall–Kier alpha value is -2.85. The zero-order valence-corrected chi connectivity index (χ0v) is 20.4. The van der Waals surface area contributed by atoms with E-state index in [2.05, 4.69) is 20.6 Å². The number of aromatic nitrogens is 2. The van der Waals surface area contributed by atoms with Gasteiger partial charge in [0.25, 0.3) is 0 Å². The van der Waals surface area contributed by atoms with Gasteiger partial charge in [-0.15, -0.1) is 0 Å². The molecular weight excluding hydrogens is 438 g/mol. The monoisotopic (exact) mass is 473 g/mol. The molecule has 2 amide bonds. The number of aromatic amines is 1. The zero-order chi connectivity index (χ0) is 24.3. The van der Waals surface area contributed by atoms with E-state index in [4.69, 9.17) is 14.2 Å². The molecule has 186 valence electrons. The highest BCUT2D eigenvalue weighted by Crippen LogP contribution is 2.42. The van der Waals surface area contributed by atoms with Crippen molar-refractivity contribution in [2.75, 3.05) is 43.6 Å². The molecule has 10 nitrogen and oxygen atoms in total. The average molecular weight is 474 g/mol. The molecule has 34 heavy (non-hydrogen) atoms. The highest BCUT2D eigenvalue weighted by molar-refractivity contribution is 6.11. The maximum atomic E-state index is 13.6. The molecule has 10 heteroatoms. The van der Waals surface area contributed by atoms with E-state index in [9.17, 15) is 9.59 Å². The van der Waals surface area contributed by atoms with Crippen LogP contribution in [0.2, 0.25) is 0 Å². The van der Waals surface area contributed by atoms with Gasteiger partial charge in [0.05, 0.1) is 29.9 Å². The Morgan fingerprint density at radius 2 is 2.03 bits per heavy atom. The van der Waals surface area contributed by atoms with Crippen LogP contribution in [0.5, 0.6) is 5.75 Å². The van der Waals surface area contributed by atoms with Crippen LogP contribution in [0.25, 0.3) is 11.0 Å². The largest absolute Gasteiger partial charge is 0.487 e. The molecule has 1 saturated heterocycles. The first-order chi connectivity index (χ1) is 16.3. The molecule has 1 aliphatic heterocycles. The second-order valence-corrected chi connectivity index (χ2v) is 9.85. The van der Waals surface area contributed by atoms with Crippen molar-refractivity contribution in [1.82, 2.24) is 15.3 Å². The Morgan fingerprint density at radius 1 is 1.24 bits per heavy atom. The highest BCUT2D eigenvalue weighted by atomic mass is 16.6. The molecule has 2 aliphatic rings. The summed E-state index contributed by atoms with van der Waals surface area (Å²) in [7, 11) is 1.60. The quantitative estimate of drug-likeness (QED) is 0.503. The number of ether oxygens (including phenoxy) is 3. The van der Waals surface area contributed by atoms with Crippen LogP contribution in [-0.2, 0) is 14.3 Å². The van der Waals surface area contributed by atoms with Crippen molar-refractivity contribution in [2.24, 2.45) is 5.92 Å². The van der Waals surface area contributed by atoms with E-state index in [0.29, 0.717) is 41.3 Å². The maximum absolute atomic E-state index is 13.6. The van der Waals surface area contributed by atoms with Gasteiger partial charge in [0, 0.05) is 25.8 Å². The van der Waals surface area contributed by atoms with E-state index in [-0.39, 0.29) is 24.5 Å². The standard InChI is InChI=1S/C24H35N5O5/c1-24(2,3)34-23(31)29(16-6-5-9-25-12-16)20-18(33-11-10-32-4)14-27-21-19(20)17(13-26-21)28-22(30)15-7-8-15/h13-16,25H,5-12H2,1-4H3,(H,26,27)(H,28,30)/t16-/m1/s1. The first-order valence-electron chi connectivity index (χ1n) is 11.9. The molecule has 1 atom stereocenters. The van der Waals surface area contributed by atoms with Crippen LogP contribution in [0.3, 0.4) is 0 Å². The van der Waals surface area contributed by atoms with Gasteiger partial charge in [0.2, 0.25) is 5.91 Å². The maximum Gasteiger partial charge on any atom is 0.415 e. The van der Waals surface area contributed by atoms with Crippen molar-refractivity contribution in [3.05, 3.63) is 12.4 Å². The number of fused-ring (bicyclic) bond motifs is 1. The molecule has 2 fully saturated rings. The number of piperidine rings is 1. The average Bonchev–Trinajstić information content (AvgIpc) is 3.56. The fourth-order valence-electron chi connectivity index (χ4n) is 4.11. The molecule has 2 aromatic rings. The third-order valence-electron chi connectivity index (χ3n) is 5.86. The molecule has 3 N–H and O–H groups in total. The summed E-state index contributed by atoms with van der Waals surface area (Å²) in [5, 5.41) is 7.03. The zero-order valence-electron chi connectivity index (χ0n) is 20.4. The number of nitrogens with zero attached hydrogens (tertiary/aromatic N) is 2. The van der Waals surface area contributed by atoms with Crippen molar-refractivity contribution in [2.45, 2.75) is 58.1 Å². The Labute approximate surface area is 199 Å². The number of pyridine rings is 1. The van der Waals surface area contributed by atoms with Crippen LogP contribution in [-0.4, -0.2) is 67.0 Å². The third kappa shape index (κ3) is 5.61. The molecule has 0 spiro atoms. The lowest BCUT2D eigenvalue weighted by molar-refractivity contribution is -0.117. The van der Waals surface area contributed by atoms with Crippen LogP contribution >= 0.6 is 0 Å². The fraction of sp³-hybridized carbons (Fsp3) is 0.625. The summed E-state index contributed by atoms with van der Waals surface area (Å²) in [5.41, 5.74) is 0.986. The SMILES string of the molecule is COCCOc1cnc2[nH]cc(NC(=O)C3CC3)c2c1N(C(=O)OC(C)(C)C)[C@@H]1CCCNC1. The molecule has 0 aromatic carbocycles. The summed E-state index contributed by atoms with van der Waals surface area (Å²) in [6, 6.07) is -0.152. The van der Waals surface area contributed by atoms with Crippen molar-refractivity contribution >= 4 is 34.4 Å². The van der Waals surface area contributed by atoms with E-state index in [0.717, 1.165) is 32.2 Å². The number of methoxy groups -OCH3 is 1. The summed E-state index contributed by atoms with van der Waals surface area (Å²) >= 11 is 0. The van der Waals surface area contributed by atoms with Crippen LogP contribution in [0.1, 0.15) is 46.5 Å². The van der Waals surface area contributed by atoms with Gasteiger partial charge in [0.15, 0.2) is 5.75 Å². The molecule has 0 radical (unpaired) electrons. The molecule has 3 heterocycles. The van der Waals surface area contributed by atoms with E-state index < -0.39 is 11.7 Å². The van der Waals surface area contributed by atoms with Gasteiger partial charge in [-0.05, 0) is 53.0 Å². The Balaban J connectivity index is 1.83. The lowest BCUT2D eigenvalue weighted by Crippen LogP contribution is -2.50. The Morgan fingerprint density at radius 3 is 2.68 bits per heavy atom. The molecule has 1 aliphatic carbocycles. The number of nitrogens with one attached hydrogen (secondary N) is 3. The predicted molar refractivity (Wildman–Crippen MR) is 129 cm³/mol. The summed E-state index contributed by atoms with van der Waals surface area (Å²) in [6.07, 6.45) is 6.37. The molecule has 0 bridgehead atoms. The van der Waals surface area contributed by atoms with Crippen LogP contribution in [0.4, 0.5) is 16.2 Å². The topological polar surface area (TPSA) is 118 Å². The van der Waals surface area contributed by atoms with Gasteiger partial charge in [0.1, 0.15) is 23.5 Å². The summed E-state index contributed by atoms with van der Waals surface area (Å²) < 4.78 is 17.0. The van der Waals surface area contributed by atoms with E-state index in [1.54, 1.807) is 24.4 Å². The smallest absolute Gasteiger partial charge is 0.415 e. The van der Waals surface area contributed by atoms with Crippen molar-refractivity contribution in [3.8, 4) is 5.75 Å². The Bertz CT molecular complexity index is 1020. The first kappa shape index (κ1) is 24.3. The fourth-order valence-corrected chi connectivity index (χ4v) is 4.11. The minimum absolute atomic E-state index is 0.0271. The number of H-pyrrole nitrogens is 1. The molecular formula is C24H35N5O5. The first-order valence-corrected chi connectivity index (χ1v) is 11.9. The summed E-state index contributed by atoms with van der Waals surface area (Å²) in [5.74, 6) is 0.440. The lowest BCUT2D eigenvalue weighted by atomic mass is 10.0. The van der Waals surface area contributed by atoms with Gasteiger partial charge in [-0.2, -0.15) is 0 Å². The predicted octanol–water partition coefficient (Wildman–Crippen LogP) is 3.43. The number of carbonyl (C=O) groups is 2. The summed E-state index contributed by atoms with van der Waals surface area (Å²) in [6.45, 7) is 7.72. The number of hydrogen-bond acceptors (Lipinski definition) is 7. The highest BCUT2D eigenvalue weighted by Gasteiger charge is 2.36. The molecule has 2 aromatic heterocycles. The van der Waals surface area contributed by atoms with E-state index >= 15 is 0 Å². The van der Waals surface area contributed by atoms with Crippen LogP contribution in [0.15, 0.2) is 12.4 Å². The van der Waals surface area contributed by atoms with E-state index in [1.807, 2.05) is 20.8 Å². The summed E-state index contributed by atoms with van der Waals surface area (Å²) in [4.78, 5) is 35.6. The van der Waals surface area contributed by atoms with Gasteiger partial charge in [-0.1, -0.05) is 0 Å². The second-order valence-electron chi connectivity index (χ2n) is 9.85. The van der Waals surface area contributed by atoms with Gasteiger partial charge < -0.3 is 29.8 Å². The lowest BCUT2D eigenvalue weighted by Gasteiger charge is -2.36. The van der Waals surface area contributed by atoms with Gasteiger partial charge in [-0.25, -0.2) is 9.78 Å². The second kappa shape index (κ2) is 10.2. The normalized spacial score (nSPS) is 18.5. The third-order valence-corrected chi connectivity index (χ3v) is 5.86. The molecule has 1 saturated carbocycles. The number of amides is 2. The number of hydrogen-bond donors (Lipinski definition) is 3. The van der Waals surface area contributed by atoms with Crippen molar-refractivity contribution < 1.29 is 23.8 Å². The van der Waals surface area contributed by atoms with Gasteiger partial charge >= 0.3 is 6.09 Å². The number of rotatable bonds is 8.